The van der Waals surface area contributed by atoms with E-state index < -0.39 is 6.04 Å². The molecule has 3 rings (SSSR count). The van der Waals surface area contributed by atoms with Crippen molar-refractivity contribution in [1.29, 1.82) is 0 Å². The summed E-state index contributed by atoms with van der Waals surface area (Å²) in [5, 5.41) is 7.11. The number of H-pyrrole nitrogens is 1. The molecule has 144 valence electrons. The first-order chi connectivity index (χ1) is 12.9. The molecule has 27 heavy (non-hydrogen) atoms. The Kier molecular flexibility index (Phi) is 5.48. The summed E-state index contributed by atoms with van der Waals surface area (Å²) >= 11 is 0. The Hall–Kier alpha value is -2.83. The molecule has 1 aromatic carbocycles. The lowest BCUT2D eigenvalue weighted by Gasteiger charge is -2.39. The average molecular weight is 370 g/mol. The summed E-state index contributed by atoms with van der Waals surface area (Å²) in [6, 6.07) is 6.93. The van der Waals surface area contributed by atoms with Gasteiger partial charge in [-0.15, -0.1) is 0 Å². The van der Waals surface area contributed by atoms with E-state index in [1.807, 2.05) is 38.1 Å². The van der Waals surface area contributed by atoms with Crippen molar-refractivity contribution in [3.8, 4) is 5.75 Å². The molecule has 2 heterocycles. The zero-order chi connectivity index (χ0) is 19.6. The lowest BCUT2D eigenvalue weighted by atomic mass is 10.1. The monoisotopic (exact) mass is 370 g/mol. The van der Waals surface area contributed by atoms with E-state index in [0.29, 0.717) is 25.9 Å². The Morgan fingerprint density at radius 1 is 1.26 bits per heavy atom. The van der Waals surface area contributed by atoms with Gasteiger partial charge in [0.05, 0.1) is 12.8 Å². The predicted molar refractivity (Wildman–Crippen MR) is 103 cm³/mol. The largest absolute Gasteiger partial charge is 0.497 e. The van der Waals surface area contributed by atoms with Gasteiger partial charge in [-0.3, -0.25) is 14.7 Å². The Morgan fingerprint density at radius 2 is 1.96 bits per heavy atom. The predicted octanol–water partition coefficient (Wildman–Crippen LogP) is 2.23. The molecule has 1 atom stereocenters. The number of nitrogens with zero attached hydrogens (tertiary/aromatic N) is 3. The van der Waals surface area contributed by atoms with Crippen molar-refractivity contribution in [3.05, 3.63) is 41.2 Å². The van der Waals surface area contributed by atoms with Crippen LogP contribution >= 0.6 is 0 Å². The standard InChI is InChI=1S/C20H26N4O3/c1-13-18(14(2)22-21-13)9-10-19(25)23-11-12-24(20(26)15(23)3)16-5-7-17(27-4)8-6-16/h5-8,15H,9-12H2,1-4H3,(H,21,22)/t15-/m0/s1. The number of ether oxygens (including phenoxy) is 1. The van der Waals surface area contributed by atoms with Gasteiger partial charge in [0.15, 0.2) is 0 Å². The summed E-state index contributed by atoms with van der Waals surface area (Å²) in [4.78, 5) is 29.0. The van der Waals surface area contributed by atoms with Crippen LogP contribution in [0.4, 0.5) is 5.69 Å². The summed E-state index contributed by atoms with van der Waals surface area (Å²) in [5.41, 5.74) is 3.83. The summed E-state index contributed by atoms with van der Waals surface area (Å²) < 4.78 is 5.16. The third-order valence-electron chi connectivity index (χ3n) is 5.23. The highest BCUT2D eigenvalue weighted by Crippen LogP contribution is 2.24. The number of aromatic nitrogens is 2. The van der Waals surface area contributed by atoms with Crippen molar-refractivity contribution in [2.75, 3.05) is 25.1 Å². The van der Waals surface area contributed by atoms with Crippen LogP contribution in [0.5, 0.6) is 5.75 Å². The molecule has 0 bridgehead atoms. The van der Waals surface area contributed by atoms with Gasteiger partial charge in [0, 0.05) is 30.9 Å². The first kappa shape index (κ1) is 18.9. The van der Waals surface area contributed by atoms with Crippen LogP contribution in [0.15, 0.2) is 24.3 Å². The van der Waals surface area contributed by atoms with Gasteiger partial charge in [-0.25, -0.2) is 0 Å². The van der Waals surface area contributed by atoms with E-state index in [1.54, 1.807) is 23.8 Å². The quantitative estimate of drug-likeness (QED) is 0.875. The van der Waals surface area contributed by atoms with Gasteiger partial charge in [0.25, 0.3) is 0 Å². The van der Waals surface area contributed by atoms with Gasteiger partial charge in [0.2, 0.25) is 11.8 Å². The van der Waals surface area contributed by atoms with E-state index in [1.165, 1.54) is 0 Å². The number of rotatable bonds is 5. The van der Waals surface area contributed by atoms with E-state index in [4.69, 9.17) is 4.74 Å². The number of methoxy groups -OCH3 is 1. The molecule has 2 amide bonds. The van der Waals surface area contributed by atoms with Gasteiger partial charge in [-0.05, 0) is 57.0 Å². The SMILES string of the molecule is COc1ccc(N2CCN(C(=O)CCc3c(C)n[nH]c3C)[C@@H](C)C2=O)cc1. The molecule has 2 aromatic rings. The van der Waals surface area contributed by atoms with Crippen molar-refractivity contribution in [2.45, 2.75) is 39.7 Å². The zero-order valence-electron chi connectivity index (χ0n) is 16.3. The van der Waals surface area contributed by atoms with Crippen LogP contribution in [0, 0.1) is 13.8 Å². The molecule has 7 heteroatoms. The minimum absolute atomic E-state index is 0.00484. The number of benzene rings is 1. The first-order valence-electron chi connectivity index (χ1n) is 9.17. The maximum Gasteiger partial charge on any atom is 0.249 e. The Balaban J connectivity index is 1.64. The van der Waals surface area contributed by atoms with Crippen LogP contribution in [0.2, 0.25) is 0 Å². The fourth-order valence-corrected chi connectivity index (χ4v) is 3.55. The van der Waals surface area contributed by atoms with Gasteiger partial charge >= 0.3 is 0 Å². The number of aromatic amines is 1. The van der Waals surface area contributed by atoms with Crippen molar-refractivity contribution >= 4 is 17.5 Å². The third-order valence-corrected chi connectivity index (χ3v) is 5.23. The number of carbonyl (C=O) groups excluding carboxylic acids is 2. The first-order valence-corrected chi connectivity index (χ1v) is 9.17. The van der Waals surface area contributed by atoms with Crippen LogP contribution in [-0.2, 0) is 16.0 Å². The van der Waals surface area contributed by atoms with Crippen LogP contribution < -0.4 is 9.64 Å². The molecule has 1 saturated heterocycles. The molecule has 0 unspecified atom stereocenters. The van der Waals surface area contributed by atoms with Crippen LogP contribution in [0.25, 0.3) is 0 Å². The van der Waals surface area contributed by atoms with Crippen molar-refractivity contribution in [1.82, 2.24) is 15.1 Å². The minimum atomic E-state index is -0.472. The molecule has 7 nitrogen and oxygen atoms in total. The number of carbonyl (C=O) groups is 2. The smallest absolute Gasteiger partial charge is 0.249 e. The van der Waals surface area contributed by atoms with E-state index in [-0.39, 0.29) is 11.8 Å². The number of aryl methyl sites for hydroxylation is 2. The normalized spacial score (nSPS) is 17.3. The summed E-state index contributed by atoms with van der Waals surface area (Å²) in [6.07, 6.45) is 1.01. The zero-order valence-corrected chi connectivity index (χ0v) is 16.3. The van der Waals surface area contributed by atoms with Crippen LogP contribution in [0.1, 0.15) is 30.3 Å². The number of amides is 2. The summed E-state index contributed by atoms with van der Waals surface area (Å²) in [6.45, 7) is 6.71. The third kappa shape index (κ3) is 3.82. The highest BCUT2D eigenvalue weighted by molar-refractivity contribution is 6.00. The van der Waals surface area contributed by atoms with E-state index >= 15 is 0 Å². The van der Waals surface area contributed by atoms with Crippen molar-refractivity contribution < 1.29 is 14.3 Å². The molecule has 1 aliphatic heterocycles. The van der Waals surface area contributed by atoms with Crippen LogP contribution in [0.3, 0.4) is 0 Å². The van der Waals surface area contributed by atoms with Gasteiger partial charge in [-0.1, -0.05) is 0 Å². The fourth-order valence-electron chi connectivity index (χ4n) is 3.55. The summed E-state index contributed by atoms with van der Waals surface area (Å²) in [7, 11) is 1.61. The second kappa shape index (κ2) is 7.82. The van der Waals surface area contributed by atoms with Gasteiger partial charge < -0.3 is 14.5 Å². The molecule has 1 aromatic heterocycles. The lowest BCUT2D eigenvalue weighted by Crippen LogP contribution is -2.57. The molecule has 0 radical (unpaired) electrons. The highest BCUT2D eigenvalue weighted by Gasteiger charge is 2.34. The van der Waals surface area contributed by atoms with Crippen molar-refractivity contribution in [3.63, 3.8) is 0 Å². The molecule has 1 fully saturated rings. The molecular weight excluding hydrogens is 344 g/mol. The van der Waals surface area contributed by atoms with Crippen molar-refractivity contribution in [2.24, 2.45) is 0 Å². The lowest BCUT2D eigenvalue weighted by molar-refractivity contribution is -0.140. The number of piperazine rings is 1. The second-order valence-corrected chi connectivity index (χ2v) is 6.86. The minimum Gasteiger partial charge on any atom is -0.497 e. The fraction of sp³-hybridized carbons (Fsp3) is 0.450. The maximum absolute atomic E-state index is 12.8. The Labute approximate surface area is 159 Å². The maximum atomic E-state index is 12.8. The molecule has 0 saturated carbocycles. The molecular formula is C20H26N4O3. The molecule has 0 aliphatic carbocycles. The molecule has 1 N–H and O–H groups in total. The van der Waals surface area contributed by atoms with Gasteiger partial charge in [0.1, 0.15) is 11.8 Å². The van der Waals surface area contributed by atoms with E-state index in [2.05, 4.69) is 10.2 Å². The molecule has 0 spiro atoms. The highest BCUT2D eigenvalue weighted by atomic mass is 16.5. The summed E-state index contributed by atoms with van der Waals surface area (Å²) in [5.74, 6) is 0.693. The average Bonchev–Trinajstić information content (AvgIpc) is 3.00. The topological polar surface area (TPSA) is 78.5 Å². The molecule has 1 aliphatic rings. The Morgan fingerprint density at radius 3 is 2.56 bits per heavy atom. The van der Waals surface area contributed by atoms with Crippen LogP contribution in [-0.4, -0.2) is 53.2 Å². The van der Waals surface area contributed by atoms with E-state index in [0.717, 1.165) is 28.4 Å². The second-order valence-electron chi connectivity index (χ2n) is 6.86. The number of hydrogen-bond acceptors (Lipinski definition) is 4. The Bertz CT molecular complexity index is 809. The number of nitrogens with one attached hydrogen (secondary N) is 1. The number of anilines is 1. The van der Waals surface area contributed by atoms with Gasteiger partial charge in [-0.2, -0.15) is 5.10 Å². The van der Waals surface area contributed by atoms with E-state index in [9.17, 15) is 9.59 Å². The number of hydrogen-bond donors (Lipinski definition) is 1.